The van der Waals surface area contributed by atoms with Crippen LogP contribution in [0.5, 0.6) is 0 Å². The van der Waals surface area contributed by atoms with E-state index in [2.05, 4.69) is 4.98 Å². The lowest BCUT2D eigenvalue weighted by molar-refractivity contribution is 0.117. The van der Waals surface area contributed by atoms with E-state index in [1.807, 2.05) is 13.0 Å². The fraction of sp³-hybridized carbons (Fsp3) is 0.583. The number of hydrogen-bond acceptors (Lipinski definition) is 2. The lowest BCUT2D eigenvalue weighted by Crippen LogP contribution is -2.15. The van der Waals surface area contributed by atoms with Crippen molar-refractivity contribution < 1.29 is 5.11 Å². The van der Waals surface area contributed by atoms with Gasteiger partial charge in [0.25, 0.3) is 0 Å². The van der Waals surface area contributed by atoms with E-state index >= 15 is 0 Å². The number of hydrogen-bond donors (Lipinski definition) is 1. The van der Waals surface area contributed by atoms with E-state index in [1.165, 1.54) is 19.3 Å². The number of aliphatic hydroxyl groups is 1. The van der Waals surface area contributed by atoms with Crippen molar-refractivity contribution in [2.75, 3.05) is 0 Å². The molecule has 1 atom stereocenters. The summed E-state index contributed by atoms with van der Waals surface area (Å²) in [5, 5.41) is 10.00. The van der Waals surface area contributed by atoms with Crippen molar-refractivity contribution in [3.8, 4) is 0 Å². The number of aliphatic hydroxyl groups excluding tert-OH is 1. The van der Waals surface area contributed by atoms with Gasteiger partial charge < -0.3 is 5.11 Å². The van der Waals surface area contributed by atoms with E-state index in [4.69, 9.17) is 0 Å². The van der Waals surface area contributed by atoms with Crippen LogP contribution in [0.25, 0.3) is 0 Å². The first-order chi connectivity index (χ1) is 6.77. The van der Waals surface area contributed by atoms with Crippen molar-refractivity contribution in [2.24, 2.45) is 5.92 Å². The third-order valence-corrected chi connectivity index (χ3v) is 3.22. The van der Waals surface area contributed by atoms with Crippen molar-refractivity contribution in [1.29, 1.82) is 0 Å². The van der Waals surface area contributed by atoms with Crippen LogP contribution in [-0.4, -0.2) is 10.1 Å². The number of aryl methyl sites for hydroxylation is 1. The Labute approximate surface area is 85.0 Å². The van der Waals surface area contributed by atoms with Gasteiger partial charge in [0.15, 0.2) is 0 Å². The van der Waals surface area contributed by atoms with Gasteiger partial charge >= 0.3 is 0 Å². The fourth-order valence-electron chi connectivity index (χ4n) is 2.00. The second-order valence-electron chi connectivity index (χ2n) is 4.28. The van der Waals surface area contributed by atoms with Crippen molar-refractivity contribution in [2.45, 2.75) is 38.7 Å². The third kappa shape index (κ3) is 1.95. The molecule has 2 heteroatoms. The molecule has 76 valence electrons. The molecule has 2 nitrogen and oxygen atoms in total. The Morgan fingerprint density at radius 2 is 2.36 bits per heavy atom. The summed E-state index contributed by atoms with van der Waals surface area (Å²) in [6.45, 7) is 2.03. The summed E-state index contributed by atoms with van der Waals surface area (Å²) in [6, 6.07) is 1.96. The number of nitrogens with zero attached hydrogens (tertiary/aromatic N) is 1. The van der Waals surface area contributed by atoms with Gasteiger partial charge in [-0.05, 0) is 30.9 Å². The lowest BCUT2D eigenvalue weighted by Gasteiger charge is -2.27. The number of pyridine rings is 1. The van der Waals surface area contributed by atoms with Crippen LogP contribution in [0, 0.1) is 12.8 Å². The van der Waals surface area contributed by atoms with Crippen LogP contribution in [0.15, 0.2) is 18.5 Å². The van der Waals surface area contributed by atoms with Crippen molar-refractivity contribution in [3.63, 3.8) is 0 Å². The molecule has 1 aromatic rings. The Balaban J connectivity index is 2.02. The molecule has 0 radical (unpaired) electrons. The second kappa shape index (κ2) is 4.09. The maximum absolute atomic E-state index is 10.00. The summed E-state index contributed by atoms with van der Waals surface area (Å²) in [4.78, 5) is 4.06. The van der Waals surface area contributed by atoms with Gasteiger partial charge in [0.1, 0.15) is 0 Å². The Hall–Kier alpha value is -0.890. The first-order valence-electron chi connectivity index (χ1n) is 5.36. The summed E-state index contributed by atoms with van der Waals surface area (Å²) in [5.74, 6) is 0.740. The molecule has 0 aliphatic heterocycles. The molecule has 0 bridgehead atoms. The molecule has 1 saturated carbocycles. The average Bonchev–Trinajstić information content (AvgIpc) is 2.12. The molecule has 1 fully saturated rings. The number of rotatable bonds is 3. The Morgan fingerprint density at radius 3 is 2.93 bits per heavy atom. The van der Waals surface area contributed by atoms with E-state index in [0.29, 0.717) is 0 Å². The molecule has 0 spiro atoms. The van der Waals surface area contributed by atoms with E-state index in [1.54, 1.807) is 12.4 Å². The first-order valence-corrected chi connectivity index (χ1v) is 5.36. The Bertz CT molecular complexity index is 307. The van der Waals surface area contributed by atoms with Crippen LogP contribution in [0.1, 0.15) is 42.9 Å². The third-order valence-electron chi connectivity index (χ3n) is 3.22. The quantitative estimate of drug-likeness (QED) is 0.796. The molecule has 1 aliphatic rings. The van der Waals surface area contributed by atoms with Gasteiger partial charge in [0.2, 0.25) is 0 Å². The van der Waals surface area contributed by atoms with Crippen LogP contribution in [0.3, 0.4) is 0 Å². The molecule has 1 aliphatic carbocycles. The van der Waals surface area contributed by atoms with Gasteiger partial charge in [-0.25, -0.2) is 0 Å². The van der Waals surface area contributed by atoms with Crippen molar-refractivity contribution in [1.82, 2.24) is 4.98 Å². The van der Waals surface area contributed by atoms with Crippen LogP contribution >= 0.6 is 0 Å². The smallest absolute Gasteiger partial charge is 0.0810 e. The van der Waals surface area contributed by atoms with Crippen LogP contribution in [0.4, 0.5) is 0 Å². The van der Waals surface area contributed by atoms with Gasteiger partial charge in [-0.1, -0.05) is 19.3 Å². The summed E-state index contributed by atoms with van der Waals surface area (Å²) in [5.41, 5.74) is 2.14. The molecule has 0 amide bonds. The van der Waals surface area contributed by atoms with Crippen molar-refractivity contribution >= 4 is 0 Å². The lowest BCUT2D eigenvalue weighted by atomic mass is 9.80. The van der Waals surface area contributed by atoms with Crippen molar-refractivity contribution in [3.05, 3.63) is 29.6 Å². The normalized spacial score (nSPS) is 19.0. The molecular weight excluding hydrogens is 174 g/mol. The van der Waals surface area contributed by atoms with Crippen LogP contribution in [-0.2, 0) is 0 Å². The largest absolute Gasteiger partial charge is 0.388 e. The SMILES string of the molecule is Cc1ccncc1C(O)CC1CCC1. The molecule has 1 N–H and O–H groups in total. The minimum absolute atomic E-state index is 0.311. The Kier molecular flexibility index (Phi) is 2.82. The molecule has 0 aromatic carbocycles. The van der Waals surface area contributed by atoms with Gasteiger partial charge in [0, 0.05) is 18.0 Å². The zero-order valence-corrected chi connectivity index (χ0v) is 8.61. The summed E-state index contributed by atoms with van der Waals surface area (Å²) in [7, 11) is 0. The standard InChI is InChI=1S/C12H17NO/c1-9-5-6-13-8-11(9)12(14)7-10-3-2-4-10/h5-6,8,10,12,14H,2-4,7H2,1H3. The molecule has 1 aromatic heterocycles. The predicted octanol–water partition coefficient (Wildman–Crippen LogP) is 2.61. The highest BCUT2D eigenvalue weighted by Crippen LogP contribution is 2.35. The maximum atomic E-state index is 10.00. The summed E-state index contributed by atoms with van der Waals surface area (Å²) in [6.07, 6.45) is 8.07. The second-order valence-corrected chi connectivity index (χ2v) is 4.28. The molecule has 0 saturated heterocycles. The number of aromatic nitrogens is 1. The molecule has 1 heterocycles. The van der Waals surface area contributed by atoms with Gasteiger partial charge in [-0.3, -0.25) is 4.98 Å². The van der Waals surface area contributed by atoms with E-state index < -0.39 is 0 Å². The fourth-order valence-corrected chi connectivity index (χ4v) is 2.00. The minimum atomic E-state index is -0.311. The van der Waals surface area contributed by atoms with Crippen LogP contribution < -0.4 is 0 Å². The Morgan fingerprint density at radius 1 is 1.57 bits per heavy atom. The molecule has 14 heavy (non-hydrogen) atoms. The maximum Gasteiger partial charge on any atom is 0.0810 e. The van der Waals surface area contributed by atoms with E-state index in [0.717, 1.165) is 23.5 Å². The zero-order chi connectivity index (χ0) is 9.97. The molecule has 2 rings (SSSR count). The van der Waals surface area contributed by atoms with Crippen LogP contribution in [0.2, 0.25) is 0 Å². The zero-order valence-electron chi connectivity index (χ0n) is 8.61. The topological polar surface area (TPSA) is 33.1 Å². The highest BCUT2D eigenvalue weighted by Gasteiger charge is 2.22. The highest BCUT2D eigenvalue weighted by atomic mass is 16.3. The van der Waals surface area contributed by atoms with Gasteiger partial charge in [-0.2, -0.15) is 0 Å². The summed E-state index contributed by atoms with van der Waals surface area (Å²) >= 11 is 0. The average molecular weight is 191 g/mol. The van der Waals surface area contributed by atoms with E-state index in [9.17, 15) is 5.11 Å². The first kappa shape index (κ1) is 9.66. The minimum Gasteiger partial charge on any atom is -0.388 e. The monoisotopic (exact) mass is 191 g/mol. The molecular formula is C12H17NO. The predicted molar refractivity (Wildman–Crippen MR) is 55.9 cm³/mol. The molecule has 1 unspecified atom stereocenters. The highest BCUT2D eigenvalue weighted by molar-refractivity contribution is 5.23. The summed E-state index contributed by atoms with van der Waals surface area (Å²) < 4.78 is 0. The van der Waals surface area contributed by atoms with E-state index in [-0.39, 0.29) is 6.10 Å². The van der Waals surface area contributed by atoms with Gasteiger partial charge in [0.05, 0.1) is 6.10 Å². The van der Waals surface area contributed by atoms with Gasteiger partial charge in [-0.15, -0.1) is 0 Å².